The summed E-state index contributed by atoms with van der Waals surface area (Å²) in [7, 11) is 0. The lowest BCUT2D eigenvalue weighted by molar-refractivity contribution is -0.384. The highest BCUT2D eigenvalue weighted by molar-refractivity contribution is 6.01. The maximum Gasteiger partial charge on any atom is 0.270 e. The zero-order valence-electron chi connectivity index (χ0n) is 14.9. The molecule has 0 radical (unpaired) electrons. The van der Waals surface area contributed by atoms with Crippen LogP contribution in [0.1, 0.15) is 37.0 Å². The quantitative estimate of drug-likeness (QED) is 0.371. The number of nitrogens with zero attached hydrogens (tertiary/aromatic N) is 2. The summed E-state index contributed by atoms with van der Waals surface area (Å²) in [6.45, 7) is 1.83. The summed E-state index contributed by atoms with van der Waals surface area (Å²) in [6.07, 6.45) is 5.42. The Labute approximate surface area is 156 Å². The fourth-order valence-electron chi connectivity index (χ4n) is 3.19. The Hall–Kier alpha value is -3.40. The first-order chi connectivity index (χ1) is 13.0. The lowest BCUT2D eigenvalue weighted by Crippen LogP contribution is -2.33. The molecule has 0 unspecified atom stereocenters. The second-order valence-electron chi connectivity index (χ2n) is 6.58. The van der Waals surface area contributed by atoms with Gasteiger partial charge in [0.25, 0.3) is 11.6 Å². The molecule has 1 amide bonds. The van der Waals surface area contributed by atoms with Crippen molar-refractivity contribution in [1.82, 2.24) is 5.32 Å². The molecule has 1 aliphatic rings. The van der Waals surface area contributed by atoms with Crippen LogP contribution in [0.4, 0.5) is 5.69 Å². The SMILES string of the molecule is Cc1ccc([N+](=O)[O-])cc1-c1ccc(/C=C(/C#N)C(=O)NC2CCCC2)o1. The molecule has 1 fully saturated rings. The number of carbonyl (C=O) groups excluding carboxylic acids is 1. The van der Waals surface area contributed by atoms with Gasteiger partial charge in [0, 0.05) is 29.8 Å². The third-order valence-electron chi connectivity index (χ3n) is 4.67. The van der Waals surface area contributed by atoms with E-state index in [0.29, 0.717) is 17.1 Å². The average Bonchev–Trinajstić information content (AvgIpc) is 3.31. The molecule has 0 bridgehead atoms. The number of hydrogen-bond acceptors (Lipinski definition) is 5. The predicted octanol–water partition coefficient (Wildman–Crippen LogP) is 4.13. The van der Waals surface area contributed by atoms with Crippen LogP contribution in [0.25, 0.3) is 17.4 Å². The summed E-state index contributed by atoms with van der Waals surface area (Å²) in [5.74, 6) is 0.374. The minimum Gasteiger partial charge on any atom is -0.457 e. The maximum absolute atomic E-state index is 12.3. The minimum atomic E-state index is -0.464. The van der Waals surface area contributed by atoms with Crippen LogP contribution in [0.15, 0.2) is 40.3 Å². The molecule has 1 aromatic heterocycles. The molecule has 1 N–H and O–H groups in total. The number of aryl methyl sites for hydroxylation is 1. The number of nitriles is 1. The van der Waals surface area contributed by atoms with Gasteiger partial charge in [-0.3, -0.25) is 14.9 Å². The van der Waals surface area contributed by atoms with Crippen LogP contribution in [0.3, 0.4) is 0 Å². The van der Waals surface area contributed by atoms with Crippen LogP contribution < -0.4 is 5.32 Å². The van der Waals surface area contributed by atoms with Crippen molar-refractivity contribution in [3.8, 4) is 17.4 Å². The molecule has 7 nitrogen and oxygen atoms in total. The van der Waals surface area contributed by atoms with Gasteiger partial charge in [0.15, 0.2) is 0 Å². The summed E-state index contributed by atoms with van der Waals surface area (Å²) in [5.41, 5.74) is 1.36. The van der Waals surface area contributed by atoms with Gasteiger partial charge in [0.05, 0.1) is 4.92 Å². The number of nitro benzene ring substituents is 1. The Morgan fingerprint density at radius 1 is 1.33 bits per heavy atom. The van der Waals surface area contributed by atoms with E-state index in [1.54, 1.807) is 18.2 Å². The summed E-state index contributed by atoms with van der Waals surface area (Å²) >= 11 is 0. The number of non-ortho nitro benzene ring substituents is 1. The summed E-state index contributed by atoms with van der Waals surface area (Å²) in [6, 6.07) is 9.86. The summed E-state index contributed by atoms with van der Waals surface area (Å²) < 4.78 is 5.71. The van der Waals surface area contributed by atoms with Crippen LogP contribution in [0.2, 0.25) is 0 Å². The van der Waals surface area contributed by atoms with Crippen molar-refractivity contribution < 1.29 is 14.1 Å². The van der Waals surface area contributed by atoms with Crippen LogP contribution in [0.5, 0.6) is 0 Å². The third-order valence-corrected chi connectivity index (χ3v) is 4.67. The Kier molecular flexibility index (Phi) is 5.36. The van der Waals surface area contributed by atoms with Crippen molar-refractivity contribution in [3.05, 3.63) is 57.3 Å². The fraction of sp³-hybridized carbons (Fsp3) is 0.300. The van der Waals surface area contributed by atoms with Gasteiger partial charge in [0.2, 0.25) is 0 Å². The Balaban J connectivity index is 1.83. The van der Waals surface area contributed by atoms with E-state index in [1.807, 2.05) is 13.0 Å². The predicted molar refractivity (Wildman–Crippen MR) is 99.5 cm³/mol. The van der Waals surface area contributed by atoms with Gasteiger partial charge in [-0.25, -0.2) is 0 Å². The van der Waals surface area contributed by atoms with E-state index in [-0.39, 0.29) is 17.3 Å². The number of benzene rings is 1. The molecule has 27 heavy (non-hydrogen) atoms. The molecule has 3 rings (SSSR count). The molecular formula is C20H19N3O4. The van der Waals surface area contributed by atoms with E-state index in [2.05, 4.69) is 5.32 Å². The molecule has 0 atom stereocenters. The van der Waals surface area contributed by atoms with E-state index >= 15 is 0 Å². The van der Waals surface area contributed by atoms with Gasteiger partial charge < -0.3 is 9.73 Å². The molecule has 1 heterocycles. The van der Waals surface area contributed by atoms with Crippen LogP contribution >= 0.6 is 0 Å². The van der Waals surface area contributed by atoms with E-state index in [4.69, 9.17) is 4.42 Å². The molecule has 138 valence electrons. The van der Waals surface area contributed by atoms with Gasteiger partial charge in [0.1, 0.15) is 23.2 Å². The number of nitrogens with one attached hydrogen (secondary N) is 1. The molecule has 0 saturated heterocycles. The molecular weight excluding hydrogens is 346 g/mol. The van der Waals surface area contributed by atoms with Crippen molar-refractivity contribution in [2.45, 2.75) is 38.6 Å². The topological polar surface area (TPSA) is 109 Å². The number of rotatable bonds is 5. The van der Waals surface area contributed by atoms with Crippen molar-refractivity contribution in [3.63, 3.8) is 0 Å². The Morgan fingerprint density at radius 3 is 2.74 bits per heavy atom. The smallest absolute Gasteiger partial charge is 0.270 e. The van der Waals surface area contributed by atoms with Crippen molar-refractivity contribution in [1.29, 1.82) is 5.26 Å². The third kappa shape index (κ3) is 4.23. The van der Waals surface area contributed by atoms with Crippen LogP contribution in [0, 0.1) is 28.4 Å². The van der Waals surface area contributed by atoms with Gasteiger partial charge in [-0.1, -0.05) is 18.9 Å². The van der Waals surface area contributed by atoms with Crippen molar-refractivity contribution >= 4 is 17.7 Å². The normalized spacial score (nSPS) is 14.7. The fourth-order valence-corrected chi connectivity index (χ4v) is 3.19. The maximum atomic E-state index is 12.3. The highest BCUT2D eigenvalue weighted by Gasteiger charge is 2.20. The molecule has 0 spiro atoms. The standard InChI is InChI=1S/C20H19N3O4/c1-13-6-7-16(23(25)26)11-18(13)19-9-8-17(27-19)10-14(12-21)20(24)22-15-4-2-3-5-15/h6-11,15H,2-5H2,1H3,(H,22,24)/b14-10-. The van der Waals surface area contributed by atoms with Gasteiger partial charge in [-0.15, -0.1) is 0 Å². The molecule has 1 aliphatic carbocycles. The number of nitro groups is 1. The number of amides is 1. The molecule has 1 saturated carbocycles. The lowest BCUT2D eigenvalue weighted by atomic mass is 10.1. The zero-order chi connectivity index (χ0) is 19.4. The van der Waals surface area contributed by atoms with Crippen LogP contribution in [-0.2, 0) is 4.79 Å². The van der Waals surface area contributed by atoms with E-state index in [0.717, 1.165) is 31.2 Å². The Bertz CT molecular complexity index is 946. The van der Waals surface area contributed by atoms with Gasteiger partial charge >= 0.3 is 0 Å². The number of carbonyl (C=O) groups is 1. The highest BCUT2D eigenvalue weighted by Crippen LogP contribution is 2.29. The highest BCUT2D eigenvalue weighted by atomic mass is 16.6. The zero-order valence-corrected chi connectivity index (χ0v) is 14.9. The van der Waals surface area contributed by atoms with E-state index in [9.17, 15) is 20.2 Å². The second kappa shape index (κ2) is 7.87. The molecule has 1 aromatic carbocycles. The van der Waals surface area contributed by atoms with Crippen LogP contribution in [-0.4, -0.2) is 16.9 Å². The molecule has 0 aliphatic heterocycles. The summed E-state index contributed by atoms with van der Waals surface area (Å²) in [5, 5.41) is 23.2. The van der Waals surface area contributed by atoms with Gasteiger partial charge in [-0.2, -0.15) is 5.26 Å². The number of furan rings is 1. The number of hydrogen-bond donors (Lipinski definition) is 1. The monoisotopic (exact) mass is 365 g/mol. The molecule has 2 aromatic rings. The first-order valence-electron chi connectivity index (χ1n) is 8.76. The van der Waals surface area contributed by atoms with Crippen molar-refractivity contribution in [2.24, 2.45) is 0 Å². The lowest BCUT2D eigenvalue weighted by Gasteiger charge is -2.10. The average molecular weight is 365 g/mol. The van der Waals surface area contributed by atoms with E-state index in [1.165, 1.54) is 18.2 Å². The first kappa shape index (κ1) is 18.4. The molecule has 7 heteroatoms. The van der Waals surface area contributed by atoms with E-state index < -0.39 is 10.8 Å². The van der Waals surface area contributed by atoms with Crippen molar-refractivity contribution in [2.75, 3.05) is 0 Å². The minimum absolute atomic E-state index is 0.0291. The first-order valence-corrected chi connectivity index (χ1v) is 8.76. The summed E-state index contributed by atoms with van der Waals surface area (Å²) in [4.78, 5) is 22.8. The second-order valence-corrected chi connectivity index (χ2v) is 6.58. The largest absolute Gasteiger partial charge is 0.457 e. The van der Waals surface area contributed by atoms with Gasteiger partial charge in [-0.05, 0) is 37.5 Å². The Morgan fingerprint density at radius 2 is 2.07 bits per heavy atom.